The Kier molecular flexibility index (Phi) is 8.22. The molecule has 2 atom stereocenters. The number of ether oxygens (including phenoxy) is 1. The number of benzene rings is 1. The van der Waals surface area contributed by atoms with Gasteiger partial charge >= 0.3 is 12.1 Å². The molecule has 0 fully saturated rings. The van der Waals surface area contributed by atoms with Crippen molar-refractivity contribution in [2.24, 2.45) is 5.92 Å². The molecule has 0 N–H and O–H groups in total. The van der Waals surface area contributed by atoms with Crippen LogP contribution in [0.3, 0.4) is 0 Å². The molecule has 1 rings (SSSR count). The third-order valence-electron chi connectivity index (χ3n) is 2.75. The Bertz CT molecular complexity index is 467. The van der Waals surface area contributed by atoms with Gasteiger partial charge in [-0.25, -0.2) is 0 Å². The number of esters is 1. The summed E-state index contributed by atoms with van der Waals surface area (Å²) < 4.78 is 4.63. The van der Waals surface area contributed by atoms with Crippen LogP contribution >= 0.6 is 0 Å². The molecule has 1 aromatic rings. The molecule has 0 saturated heterocycles. The minimum Gasteiger partial charge on any atom is -0.469 e. The average molecular weight is 281 g/mol. The zero-order valence-corrected chi connectivity index (χ0v) is 11.1. The summed E-state index contributed by atoms with van der Waals surface area (Å²) in [4.78, 5) is 38.0. The molecule has 0 saturated carbocycles. The Morgan fingerprint density at radius 1 is 1.35 bits per heavy atom. The van der Waals surface area contributed by atoms with Crippen molar-refractivity contribution in [3.8, 4) is 0 Å². The summed E-state index contributed by atoms with van der Waals surface area (Å²) in [5, 5.41) is 10.7. The van der Waals surface area contributed by atoms with E-state index in [4.69, 9.17) is 9.59 Å². The van der Waals surface area contributed by atoms with E-state index in [9.17, 15) is 14.9 Å². The number of nitrogens with zero attached hydrogens (tertiary/aromatic N) is 1. The third-order valence-corrected chi connectivity index (χ3v) is 2.75. The number of carbonyl (C=O) groups excluding carboxylic acids is 3. The average Bonchev–Trinajstić information content (AvgIpc) is 2.44. The highest BCUT2D eigenvalue weighted by molar-refractivity contribution is 5.73. The molecule has 1 aromatic carbocycles. The Hall–Kier alpha value is -2.53. The maximum absolute atomic E-state index is 11.5. The van der Waals surface area contributed by atoms with E-state index in [1.54, 1.807) is 31.2 Å². The topological polar surface area (TPSA) is 104 Å². The number of rotatable bonds is 5. The first-order chi connectivity index (χ1) is 9.47. The lowest BCUT2D eigenvalue weighted by atomic mass is 9.87. The lowest BCUT2D eigenvalue weighted by molar-refractivity contribution is -0.484. The minimum absolute atomic E-state index is 0.250. The first kappa shape index (κ1) is 17.5. The van der Waals surface area contributed by atoms with Crippen LogP contribution in [-0.2, 0) is 19.1 Å². The number of methoxy groups -OCH3 is 1. The Morgan fingerprint density at radius 3 is 2.25 bits per heavy atom. The third kappa shape index (κ3) is 5.88. The van der Waals surface area contributed by atoms with Crippen LogP contribution in [0.15, 0.2) is 30.3 Å². The fourth-order valence-corrected chi connectivity index (χ4v) is 1.76. The van der Waals surface area contributed by atoms with Gasteiger partial charge in [-0.1, -0.05) is 37.3 Å². The molecular weight excluding hydrogens is 266 g/mol. The van der Waals surface area contributed by atoms with E-state index in [2.05, 4.69) is 4.74 Å². The van der Waals surface area contributed by atoms with E-state index in [0.29, 0.717) is 0 Å². The summed E-state index contributed by atoms with van der Waals surface area (Å²) >= 11 is 0. The molecule has 1 unspecified atom stereocenters. The van der Waals surface area contributed by atoms with Gasteiger partial charge in [0.05, 0.1) is 18.9 Å². The quantitative estimate of drug-likeness (QED) is 0.457. The van der Waals surface area contributed by atoms with Crippen molar-refractivity contribution in [2.45, 2.75) is 12.8 Å². The van der Waals surface area contributed by atoms with Crippen molar-refractivity contribution in [3.63, 3.8) is 0 Å². The van der Waals surface area contributed by atoms with Gasteiger partial charge in [0.25, 0.3) is 0 Å². The lowest BCUT2D eigenvalue weighted by Gasteiger charge is -2.18. The number of hydrogen-bond donors (Lipinski definition) is 0. The number of nitro groups is 1. The molecule has 20 heavy (non-hydrogen) atoms. The Labute approximate surface area is 115 Å². The minimum atomic E-state index is -0.534. The first-order valence-corrected chi connectivity index (χ1v) is 5.71. The second-order valence-corrected chi connectivity index (χ2v) is 3.93. The van der Waals surface area contributed by atoms with Crippen LogP contribution in [0.5, 0.6) is 0 Å². The van der Waals surface area contributed by atoms with Gasteiger partial charge in [-0.15, -0.1) is 0 Å². The molecule has 108 valence electrons. The second-order valence-electron chi connectivity index (χ2n) is 3.93. The number of carbonyl (C=O) groups is 1. The van der Waals surface area contributed by atoms with Gasteiger partial charge in [0, 0.05) is 4.92 Å². The van der Waals surface area contributed by atoms with Crippen molar-refractivity contribution >= 4 is 12.1 Å². The van der Waals surface area contributed by atoms with E-state index >= 15 is 0 Å². The zero-order chi connectivity index (χ0) is 15.5. The standard InChI is InChI=1S/C12H15NO4.CO2/c1-9(12(14)17-2)11(8-13(15)16)10-6-4-3-5-7-10;2-1-3/h3-7,9,11H,8H2,1-2H3;/t9?,11-;/m0./s1. The molecule has 0 aromatic heterocycles. The number of hydrogen-bond acceptors (Lipinski definition) is 6. The molecule has 0 heterocycles. The molecule has 0 aliphatic heterocycles. The summed E-state index contributed by atoms with van der Waals surface area (Å²) in [5.74, 6) is -1.42. The summed E-state index contributed by atoms with van der Waals surface area (Å²) in [6.45, 7) is 1.37. The molecule has 0 spiro atoms. The SMILES string of the molecule is COC(=O)C(C)[C@H](C[N+](=O)[O-])c1ccccc1.O=C=O. The molecular formula is C13H15NO6. The Balaban J connectivity index is 0.00000110. The van der Waals surface area contributed by atoms with E-state index in [0.717, 1.165) is 5.56 Å². The highest BCUT2D eigenvalue weighted by atomic mass is 16.6. The molecule has 7 heteroatoms. The van der Waals surface area contributed by atoms with E-state index in [1.165, 1.54) is 7.11 Å². The molecule has 0 amide bonds. The highest BCUT2D eigenvalue weighted by Crippen LogP contribution is 2.25. The molecule has 0 bridgehead atoms. The van der Waals surface area contributed by atoms with E-state index in [-0.39, 0.29) is 12.7 Å². The van der Waals surface area contributed by atoms with Gasteiger partial charge in [-0.05, 0) is 5.56 Å². The van der Waals surface area contributed by atoms with E-state index in [1.807, 2.05) is 6.07 Å². The van der Waals surface area contributed by atoms with Gasteiger partial charge in [-0.2, -0.15) is 9.59 Å². The normalized spacial score (nSPS) is 12.1. The maximum atomic E-state index is 11.5. The monoisotopic (exact) mass is 281 g/mol. The maximum Gasteiger partial charge on any atom is 0.373 e. The zero-order valence-electron chi connectivity index (χ0n) is 11.1. The predicted molar refractivity (Wildman–Crippen MR) is 67.2 cm³/mol. The van der Waals surface area contributed by atoms with Gasteiger partial charge in [0.2, 0.25) is 6.54 Å². The van der Waals surface area contributed by atoms with Crippen molar-refractivity contribution in [1.29, 1.82) is 0 Å². The van der Waals surface area contributed by atoms with Gasteiger partial charge < -0.3 is 4.74 Å². The van der Waals surface area contributed by atoms with Crippen LogP contribution in [0.2, 0.25) is 0 Å². The summed E-state index contributed by atoms with van der Waals surface area (Å²) in [7, 11) is 1.28. The van der Waals surface area contributed by atoms with Crippen molar-refractivity contribution in [3.05, 3.63) is 46.0 Å². The van der Waals surface area contributed by atoms with Crippen LogP contribution in [0, 0.1) is 16.0 Å². The predicted octanol–water partition coefficient (Wildman–Crippen LogP) is 1.27. The second kappa shape index (κ2) is 9.41. The van der Waals surface area contributed by atoms with Crippen LogP contribution in [-0.4, -0.2) is 30.7 Å². The van der Waals surface area contributed by atoms with Crippen molar-refractivity contribution in [1.82, 2.24) is 0 Å². The lowest BCUT2D eigenvalue weighted by Crippen LogP contribution is -2.26. The fourth-order valence-electron chi connectivity index (χ4n) is 1.76. The smallest absolute Gasteiger partial charge is 0.373 e. The summed E-state index contributed by atoms with van der Waals surface area (Å²) in [6, 6.07) is 9.00. The van der Waals surface area contributed by atoms with Gasteiger partial charge in [-0.3, -0.25) is 14.9 Å². The van der Waals surface area contributed by atoms with Crippen molar-refractivity contribution in [2.75, 3.05) is 13.7 Å². The molecule has 7 nitrogen and oxygen atoms in total. The van der Waals surface area contributed by atoms with Crippen LogP contribution in [0.1, 0.15) is 18.4 Å². The molecule has 0 radical (unpaired) electrons. The summed E-state index contributed by atoms with van der Waals surface area (Å²) in [5.41, 5.74) is 0.780. The Morgan fingerprint density at radius 2 is 1.85 bits per heavy atom. The van der Waals surface area contributed by atoms with Gasteiger partial charge in [0.1, 0.15) is 0 Å². The first-order valence-electron chi connectivity index (χ1n) is 5.71. The van der Waals surface area contributed by atoms with Crippen LogP contribution in [0.25, 0.3) is 0 Å². The van der Waals surface area contributed by atoms with Crippen LogP contribution in [0.4, 0.5) is 0 Å². The van der Waals surface area contributed by atoms with E-state index < -0.39 is 22.7 Å². The molecule has 0 aliphatic carbocycles. The fraction of sp³-hybridized carbons (Fsp3) is 0.385. The van der Waals surface area contributed by atoms with Gasteiger partial charge in [0.15, 0.2) is 0 Å². The van der Waals surface area contributed by atoms with Crippen LogP contribution < -0.4 is 0 Å². The molecule has 0 aliphatic rings. The van der Waals surface area contributed by atoms with Crippen molar-refractivity contribution < 1.29 is 24.0 Å². The highest BCUT2D eigenvalue weighted by Gasteiger charge is 2.30. The largest absolute Gasteiger partial charge is 0.469 e. The summed E-state index contributed by atoms with van der Waals surface area (Å²) in [6.07, 6.45) is 0.250.